The molecule has 0 aromatic carbocycles. The molecule has 2 aliphatic carbocycles. The summed E-state index contributed by atoms with van der Waals surface area (Å²) in [5, 5.41) is 0. The van der Waals surface area contributed by atoms with Crippen molar-refractivity contribution in [2.45, 2.75) is 31.6 Å². The van der Waals surface area contributed by atoms with Gasteiger partial charge < -0.3 is 9.47 Å². The van der Waals surface area contributed by atoms with E-state index in [1.54, 1.807) is 12.4 Å². The Morgan fingerprint density at radius 3 is 2.65 bits per heavy atom. The lowest BCUT2D eigenvalue weighted by Gasteiger charge is -2.25. The Morgan fingerprint density at radius 1 is 1.00 bits per heavy atom. The molecular weight excluding hydrogens is 288 g/mol. The fraction of sp³-hybridized carbons (Fsp3) is 0.474. The van der Waals surface area contributed by atoms with Crippen molar-refractivity contribution >= 4 is 0 Å². The van der Waals surface area contributed by atoms with Crippen molar-refractivity contribution in [3.8, 4) is 11.5 Å². The van der Waals surface area contributed by atoms with Gasteiger partial charge in [0.15, 0.2) is 0 Å². The molecule has 2 unspecified atom stereocenters. The zero-order chi connectivity index (χ0) is 15.5. The minimum Gasteiger partial charge on any atom is -0.492 e. The Balaban J connectivity index is 1.29. The van der Waals surface area contributed by atoms with Gasteiger partial charge in [0.25, 0.3) is 0 Å². The van der Waals surface area contributed by atoms with Crippen LogP contribution in [0.2, 0.25) is 0 Å². The molecule has 4 heteroatoms. The summed E-state index contributed by atoms with van der Waals surface area (Å²) in [4.78, 5) is 8.41. The monoisotopic (exact) mass is 310 g/mol. The van der Waals surface area contributed by atoms with E-state index in [1.165, 1.54) is 24.8 Å². The summed E-state index contributed by atoms with van der Waals surface area (Å²) < 4.78 is 11.7. The van der Waals surface area contributed by atoms with Crippen LogP contribution in [0.15, 0.2) is 43.0 Å². The molecule has 2 atom stereocenters. The average Bonchev–Trinajstić information content (AvgIpc) is 3.33. The van der Waals surface area contributed by atoms with Crippen LogP contribution in [0.4, 0.5) is 0 Å². The van der Waals surface area contributed by atoms with Gasteiger partial charge >= 0.3 is 0 Å². The maximum atomic E-state index is 5.89. The van der Waals surface area contributed by atoms with Crippen LogP contribution in [0, 0.1) is 11.8 Å². The van der Waals surface area contributed by atoms with Crippen LogP contribution >= 0.6 is 0 Å². The van der Waals surface area contributed by atoms with Crippen molar-refractivity contribution in [2.75, 3.05) is 13.2 Å². The van der Waals surface area contributed by atoms with E-state index in [2.05, 4.69) is 16.0 Å². The molecular formula is C19H22N2O2. The van der Waals surface area contributed by atoms with Crippen molar-refractivity contribution in [3.63, 3.8) is 0 Å². The number of hydrogen-bond donors (Lipinski definition) is 0. The van der Waals surface area contributed by atoms with Gasteiger partial charge in [-0.3, -0.25) is 9.97 Å². The van der Waals surface area contributed by atoms with Crippen molar-refractivity contribution in [1.82, 2.24) is 9.97 Å². The van der Waals surface area contributed by atoms with E-state index >= 15 is 0 Å². The Morgan fingerprint density at radius 2 is 1.87 bits per heavy atom. The fourth-order valence-electron chi connectivity index (χ4n) is 3.07. The van der Waals surface area contributed by atoms with Gasteiger partial charge in [0.1, 0.15) is 11.5 Å². The van der Waals surface area contributed by atoms with Crippen LogP contribution in [-0.4, -0.2) is 23.2 Å². The van der Waals surface area contributed by atoms with Crippen molar-refractivity contribution < 1.29 is 9.47 Å². The molecule has 2 aromatic heterocycles. The highest BCUT2D eigenvalue weighted by Crippen LogP contribution is 2.47. The molecule has 0 radical (unpaired) electrons. The minimum absolute atomic E-state index is 0.548. The molecule has 2 heterocycles. The molecule has 0 N–H and O–H groups in total. The molecule has 4 nitrogen and oxygen atoms in total. The van der Waals surface area contributed by atoms with E-state index in [4.69, 9.17) is 9.47 Å². The number of rotatable bonds is 7. The number of pyridine rings is 2. The van der Waals surface area contributed by atoms with Gasteiger partial charge in [0.2, 0.25) is 0 Å². The second-order valence-electron chi connectivity index (χ2n) is 6.66. The third-order valence-corrected chi connectivity index (χ3v) is 4.89. The zero-order valence-corrected chi connectivity index (χ0v) is 13.2. The summed E-state index contributed by atoms with van der Waals surface area (Å²) in [6.07, 6.45) is 12.4. The van der Waals surface area contributed by atoms with Crippen molar-refractivity contribution in [1.29, 1.82) is 0 Å². The molecule has 23 heavy (non-hydrogen) atoms. The molecule has 0 bridgehead atoms. The normalized spacial score (nSPS) is 23.1. The first kappa shape index (κ1) is 14.5. The predicted molar refractivity (Wildman–Crippen MR) is 87.7 cm³/mol. The second-order valence-corrected chi connectivity index (χ2v) is 6.66. The Hall–Kier alpha value is -2.10. The third kappa shape index (κ3) is 3.63. The summed E-state index contributed by atoms with van der Waals surface area (Å²) in [5.41, 5.74) is 1.27. The lowest BCUT2D eigenvalue weighted by Crippen LogP contribution is -2.19. The number of hydrogen-bond acceptors (Lipinski definition) is 4. The van der Waals surface area contributed by atoms with E-state index in [0.29, 0.717) is 11.8 Å². The molecule has 2 fully saturated rings. The highest BCUT2D eigenvalue weighted by Gasteiger charge is 2.39. The van der Waals surface area contributed by atoms with Gasteiger partial charge in [-0.05, 0) is 54.9 Å². The quantitative estimate of drug-likeness (QED) is 0.779. The minimum atomic E-state index is 0.548. The van der Waals surface area contributed by atoms with Crippen molar-refractivity contribution in [2.24, 2.45) is 11.8 Å². The Labute approximate surface area is 136 Å². The standard InChI is InChI=1S/C19H22N2O2/c1-3-14(4-1)12-22-18-7-15(9-21-11-18)19-8-16(19)13-23-17-5-2-6-20-10-17/h2,5-7,9-11,14,16,19H,1,3-4,8,12-13H2. The summed E-state index contributed by atoms with van der Waals surface area (Å²) in [6.45, 7) is 1.58. The van der Waals surface area contributed by atoms with Crippen LogP contribution in [0.5, 0.6) is 11.5 Å². The Kier molecular flexibility index (Phi) is 4.14. The topological polar surface area (TPSA) is 44.2 Å². The van der Waals surface area contributed by atoms with E-state index in [-0.39, 0.29) is 0 Å². The van der Waals surface area contributed by atoms with E-state index in [9.17, 15) is 0 Å². The van der Waals surface area contributed by atoms with Crippen LogP contribution < -0.4 is 9.47 Å². The molecule has 4 rings (SSSR count). The summed E-state index contributed by atoms with van der Waals surface area (Å²) in [7, 11) is 0. The number of ether oxygens (including phenoxy) is 2. The first-order valence-electron chi connectivity index (χ1n) is 8.49. The first-order valence-corrected chi connectivity index (χ1v) is 8.49. The molecule has 0 aliphatic heterocycles. The lowest BCUT2D eigenvalue weighted by molar-refractivity contribution is 0.180. The highest BCUT2D eigenvalue weighted by atomic mass is 16.5. The molecule has 0 amide bonds. The predicted octanol–water partition coefficient (Wildman–Crippen LogP) is 3.84. The van der Waals surface area contributed by atoms with Crippen LogP contribution in [0.1, 0.15) is 37.2 Å². The molecule has 0 saturated heterocycles. The van der Waals surface area contributed by atoms with E-state index < -0.39 is 0 Å². The second kappa shape index (κ2) is 6.57. The third-order valence-electron chi connectivity index (χ3n) is 4.89. The maximum Gasteiger partial charge on any atom is 0.137 e. The molecule has 2 saturated carbocycles. The lowest BCUT2D eigenvalue weighted by atomic mass is 9.86. The molecule has 0 spiro atoms. The van der Waals surface area contributed by atoms with Crippen LogP contribution in [-0.2, 0) is 0 Å². The highest BCUT2D eigenvalue weighted by molar-refractivity contribution is 5.30. The first-order chi connectivity index (χ1) is 11.4. The van der Waals surface area contributed by atoms with Gasteiger partial charge in [-0.15, -0.1) is 0 Å². The smallest absolute Gasteiger partial charge is 0.137 e. The molecule has 120 valence electrons. The van der Waals surface area contributed by atoms with Crippen LogP contribution in [0.25, 0.3) is 0 Å². The van der Waals surface area contributed by atoms with Gasteiger partial charge in [-0.25, -0.2) is 0 Å². The van der Waals surface area contributed by atoms with E-state index in [0.717, 1.165) is 37.1 Å². The number of nitrogens with zero attached hydrogens (tertiary/aromatic N) is 2. The maximum absolute atomic E-state index is 5.89. The summed E-state index contributed by atoms with van der Waals surface area (Å²) in [6, 6.07) is 5.99. The van der Waals surface area contributed by atoms with Gasteiger partial charge in [0, 0.05) is 18.3 Å². The van der Waals surface area contributed by atoms with Crippen molar-refractivity contribution in [3.05, 3.63) is 48.5 Å². The van der Waals surface area contributed by atoms with Gasteiger partial charge in [-0.2, -0.15) is 0 Å². The zero-order valence-electron chi connectivity index (χ0n) is 13.2. The van der Waals surface area contributed by atoms with Crippen LogP contribution in [0.3, 0.4) is 0 Å². The summed E-state index contributed by atoms with van der Waals surface area (Å²) in [5.74, 6) is 3.62. The van der Waals surface area contributed by atoms with E-state index in [1.807, 2.05) is 24.5 Å². The van der Waals surface area contributed by atoms with Gasteiger partial charge in [0.05, 0.1) is 25.6 Å². The SMILES string of the molecule is c1cncc(OCC2CC2c2cncc(OCC3CCC3)c2)c1. The average molecular weight is 310 g/mol. The largest absolute Gasteiger partial charge is 0.492 e. The summed E-state index contributed by atoms with van der Waals surface area (Å²) >= 11 is 0. The molecule has 2 aliphatic rings. The van der Waals surface area contributed by atoms with Gasteiger partial charge in [-0.1, -0.05) is 6.42 Å². The number of aromatic nitrogens is 2. The molecule has 2 aromatic rings. The fourth-order valence-corrected chi connectivity index (χ4v) is 3.07. The Bertz CT molecular complexity index is 643.